The first kappa shape index (κ1) is 15.2. The third-order valence-corrected chi connectivity index (χ3v) is 2.82. The van der Waals surface area contributed by atoms with Crippen LogP contribution in [0.1, 0.15) is 5.56 Å². The molecular weight excluding hydrogens is 357 g/mol. The normalized spacial score (nSPS) is 11.2. The Morgan fingerprint density at radius 1 is 1.24 bits per heavy atom. The molecule has 0 N–H and O–H groups in total. The van der Waals surface area contributed by atoms with Gasteiger partial charge in [0.25, 0.3) is 5.69 Å². The lowest BCUT2D eigenvalue weighted by Gasteiger charge is -2.13. The van der Waals surface area contributed by atoms with Crippen molar-refractivity contribution in [3.8, 4) is 11.5 Å². The van der Waals surface area contributed by atoms with Crippen molar-refractivity contribution >= 4 is 21.6 Å². The lowest BCUT2D eigenvalue weighted by atomic mass is 10.1. The summed E-state index contributed by atoms with van der Waals surface area (Å²) in [6.07, 6.45) is -2.11. The molecule has 0 atom stereocenters. The van der Waals surface area contributed by atoms with Crippen LogP contribution in [0.5, 0.6) is 11.5 Å². The lowest BCUT2D eigenvalue weighted by molar-refractivity contribution is -0.385. The Hall–Kier alpha value is -2.16. The van der Waals surface area contributed by atoms with Crippen molar-refractivity contribution in [2.75, 3.05) is 0 Å². The van der Waals surface area contributed by atoms with Crippen LogP contribution in [0.3, 0.4) is 0 Å². The smallest absolute Gasteiger partial charge is 0.420 e. The highest BCUT2D eigenvalue weighted by molar-refractivity contribution is 9.10. The van der Waals surface area contributed by atoms with Crippen LogP contribution < -0.4 is 4.74 Å². The minimum Gasteiger partial charge on any atom is -0.455 e. The van der Waals surface area contributed by atoms with Crippen molar-refractivity contribution < 1.29 is 22.8 Å². The maximum atomic E-state index is 12.9. The van der Waals surface area contributed by atoms with E-state index in [2.05, 4.69) is 20.9 Å². The minimum atomic E-state index is -4.78. The van der Waals surface area contributed by atoms with Crippen molar-refractivity contribution in [3.63, 3.8) is 0 Å². The van der Waals surface area contributed by atoms with Crippen molar-refractivity contribution in [1.82, 2.24) is 4.98 Å². The van der Waals surface area contributed by atoms with Crippen LogP contribution in [0.2, 0.25) is 0 Å². The largest absolute Gasteiger partial charge is 0.455 e. The van der Waals surface area contributed by atoms with Gasteiger partial charge in [0.1, 0.15) is 17.1 Å². The second-order valence-corrected chi connectivity index (χ2v) is 4.79. The quantitative estimate of drug-likeness (QED) is 0.592. The van der Waals surface area contributed by atoms with E-state index in [1.54, 1.807) is 0 Å². The topological polar surface area (TPSA) is 65.3 Å². The molecule has 0 saturated carbocycles. The fourth-order valence-electron chi connectivity index (χ4n) is 1.52. The number of nitro benzene ring substituents is 1. The van der Waals surface area contributed by atoms with Crippen molar-refractivity contribution in [2.45, 2.75) is 6.18 Å². The van der Waals surface area contributed by atoms with Crippen LogP contribution in [-0.2, 0) is 6.18 Å². The van der Waals surface area contributed by atoms with Crippen molar-refractivity contribution in [2.24, 2.45) is 0 Å². The van der Waals surface area contributed by atoms with E-state index < -0.39 is 28.1 Å². The first-order valence-corrected chi connectivity index (χ1v) is 6.21. The zero-order valence-electron chi connectivity index (χ0n) is 10.1. The summed E-state index contributed by atoms with van der Waals surface area (Å²) in [5.41, 5.74) is -1.89. The Morgan fingerprint density at radius 2 is 1.95 bits per heavy atom. The highest BCUT2D eigenvalue weighted by Crippen LogP contribution is 2.40. The fraction of sp³-hybridized carbons (Fsp3) is 0.0833. The van der Waals surface area contributed by atoms with Gasteiger partial charge in [-0.15, -0.1) is 0 Å². The first-order valence-electron chi connectivity index (χ1n) is 5.41. The molecule has 0 fully saturated rings. The Balaban J connectivity index is 2.45. The molecule has 0 amide bonds. The van der Waals surface area contributed by atoms with Crippen molar-refractivity contribution in [3.05, 3.63) is 56.8 Å². The van der Waals surface area contributed by atoms with E-state index in [-0.39, 0.29) is 5.75 Å². The van der Waals surface area contributed by atoms with Gasteiger partial charge in [0.05, 0.1) is 11.1 Å². The van der Waals surface area contributed by atoms with Crippen LogP contribution in [0, 0.1) is 10.1 Å². The maximum Gasteiger partial charge on any atom is 0.420 e. The number of aromatic nitrogens is 1. The molecule has 0 spiro atoms. The van der Waals surface area contributed by atoms with E-state index in [9.17, 15) is 23.3 Å². The van der Waals surface area contributed by atoms with Gasteiger partial charge in [-0.1, -0.05) is 0 Å². The number of non-ortho nitro benzene ring substituents is 1. The maximum absolute atomic E-state index is 12.9. The Labute approximate surface area is 124 Å². The Kier molecular flexibility index (Phi) is 4.12. The van der Waals surface area contributed by atoms with Crippen LogP contribution in [0.15, 0.2) is 41.1 Å². The number of hydrogen-bond donors (Lipinski definition) is 0. The molecule has 9 heteroatoms. The van der Waals surface area contributed by atoms with Crippen LogP contribution >= 0.6 is 15.9 Å². The van der Waals surface area contributed by atoms with Gasteiger partial charge in [0, 0.05) is 22.8 Å². The summed E-state index contributed by atoms with van der Waals surface area (Å²) in [5.74, 6) is -0.461. The molecule has 0 unspecified atom stereocenters. The van der Waals surface area contributed by atoms with Crippen molar-refractivity contribution in [1.29, 1.82) is 0 Å². The standard InChI is InChI=1S/C12H6BrF3N2O3/c13-7-3-9(6-17-5-7)21-11-2-1-8(18(19)20)4-10(11)12(14,15)16/h1-6H. The number of hydrogen-bond acceptors (Lipinski definition) is 4. The zero-order chi connectivity index (χ0) is 15.6. The zero-order valence-corrected chi connectivity index (χ0v) is 11.7. The average molecular weight is 363 g/mol. The molecule has 0 aliphatic carbocycles. The number of alkyl halides is 3. The number of nitro groups is 1. The summed E-state index contributed by atoms with van der Waals surface area (Å²) in [5, 5.41) is 10.6. The van der Waals surface area contributed by atoms with E-state index in [1.807, 2.05) is 0 Å². The van der Waals surface area contributed by atoms with Gasteiger partial charge in [-0.25, -0.2) is 0 Å². The molecular formula is C12H6BrF3N2O3. The number of pyridine rings is 1. The van der Waals surface area contributed by atoms with Gasteiger partial charge in [-0.2, -0.15) is 13.2 Å². The summed E-state index contributed by atoms with van der Waals surface area (Å²) < 4.78 is 44.5. The summed E-state index contributed by atoms with van der Waals surface area (Å²) in [4.78, 5) is 13.4. The molecule has 0 saturated heterocycles. The van der Waals surface area contributed by atoms with E-state index in [0.717, 1.165) is 12.1 Å². The number of nitrogens with zero attached hydrogens (tertiary/aromatic N) is 2. The lowest BCUT2D eigenvalue weighted by Crippen LogP contribution is -2.08. The molecule has 1 heterocycles. The SMILES string of the molecule is O=[N+]([O-])c1ccc(Oc2cncc(Br)c2)c(C(F)(F)F)c1. The third kappa shape index (κ3) is 3.69. The van der Waals surface area contributed by atoms with E-state index in [4.69, 9.17) is 4.74 Å². The van der Waals surface area contributed by atoms with Gasteiger partial charge in [-0.05, 0) is 28.1 Å². The van der Waals surface area contributed by atoms with Gasteiger partial charge in [0.15, 0.2) is 0 Å². The molecule has 110 valence electrons. The minimum absolute atomic E-state index is 0.0729. The summed E-state index contributed by atoms with van der Waals surface area (Å²) in [6.45, 7) is 0. The fourth-order valence-corrected chi connectivity index (χ4v) is 1.86. The third-order valence-electron chi connectivity index (χ3n) is 2.39. The highest BCUT2D eigenvalue weighted by atomic mass is 79.9. The van der Waals surface area contributed by atoms with Gasteiger partial charge >= 0.3 is 6.18 Å². The molecule has 1 aromatic heterocycles. The van der Waals surface area contributed by atoms with Gasteiger partial charge in [-0.3, -0.25) is 15.1 Å². The molecule has 2 aromatic rings. The predicted octanol–water partition coefficient (Wildman–Crippen LogP) is 4.56. The molecule has 5 nitrogen and oxygen atoms in total. The van der Waals surface area contributed by atoms with Crippen LogP contribution in [0.4, 0.5) is 18.9 Å². The second-order valence-electron chi connectivity index (χ2n) is 3.88. The summed E-state index contributed by atoms with van der Waals surface area (Å²) in [6, 6.07) is 3.70. The Bertz CT molecular complexity index is 692. The van der Waals surface area contributed by atoms with E-state index in [0.29, 0.717) is 10.5 Å². The molecule has 0 aliphatic heterocycles. The second kappa shape index (κ2) is 5.68. The molecule has 21 heavy (non-hydrogen) atoms. The van der Waals surface area contributed by atoms with E-state index >= 15 is 0 Å². The average Bonchev–Trinajstić information content (AvgIpc) is 2.37. The van der Waals surface area contributed by atoms with Crippen LogP contribution in [0.25, 0.3) is 0 Å². The number of halogens is 4. The molecule has 0 aliphatic rings. The van der Waals surface area contributed by atoms with Crippen LogP contribution in [-0.4, -0.2) is 9.91 Å². The number of ether oxygens (including phenoxy) is 1. The summed E-state index contributed by atoms with van der Waals surface area (Å²) in [7, 11) is 0. The first-order chi connectivity index (χ1) is 9.77. The molecule has 1 aromatic carbocycles. The molecule has 2 rings (SSSR count). The predicted molar refractivity (Wildman–Crippen MR) is 70.1 cm³/mol. The van der Waals surface area contributed by atoms with E-state index in [1.165, 1.54) is 18.5 Å². The highest BCUT2D eigenvalue weighted by Gasteiger charge is 2.36. The summed E-state index contributed by atoms with van der Waals surface area (Å²) >= 11 is 3.11. The Morgan fingerprint density at radius 3 is 2.52 bits per heavy atom. The number of benzene rings is 1. The molecule has 0 bridgehead atoms. The van der Waals surface area contributed by atoms with Gasteiger partial charge in [0.2, 0.25) is 0 Å². The number of rotatable bonds is 3. The molecule has 0 radical (unpaired) electrons. The van der Waals surface area contributed by atoms with Gasteiger partial charge < -0.3 is 4.74 Å². The monoisotopic (exact) mass is 362 g/mol.